The summed E-state index contributed by atoms with van der Waals surface area (Å²) in [7, 11) is 3.70. The molecule has 28 heavy (non-hydrogen) atoms. The van der Waals surface area contributed by atoms with E-state index in [1.165, 1.54) is 0 Å². The van der Waals surface area contributed by atoms with Crippen molar-refractivity contribution in [1.82, 2.24) is 4.90 Å². The predicted octanol–water partition coefficient (Wildman–Crippen LogP) is 2.23. The molecule has 2 amide bonds. The van der Waals surface area contributed by atoms with Crippen molar-refractivity contribution in [2.24, 2.45) is 5.73 Å². The molecule has 156 valence electrons. The molecule has 1 aliphatic heterocycles. The van der Waals surface area contributed by atoms with E-state index in [0.29, 0.717) is 12.8 Å². The Morgan fingerprint density at radius 3 is 2.61 bits per heavy atom. The van der Waals surface area contributed by atoms with Crippen molar-refractivity contribution in [3.8, 4) is 5.75 Å². The molecule has 7 heteroatoms. The molecule has 0 aliphatic carbocycles. The van der Waals surface area contributed by atoms with Crippen LogP contribution in [0.1, 0.15) is 39.5 Å². The molecule has 0 aromatic heterocycles. The van der Waals surface area contributed by atoms with Crippen LogP contribution in [0.4, 0.5) is 11.4 Å². The average molecular weight is 391 g/mol. The number of nitrogens with zero attached hydrogens (tertiary/aromatic N) is 3. The van der Waals surface area contributed by atoms with Gasteiger partial charge in [-0.2, -0.15) is 0 Å². The fourth-order valence-corrected chi connectivity index (χ4v) is 3.60. The summed E-state index contributed by atoms with van der Waals surface area (Å²) in [5.41, 5.74) is 6.94. The van der Waals surface area contributed by atoms with Crippen molar-refractivity contribution in [3.63, 3.8) is 0 Å². The third kappa shape index (κ3) is 5.61. The van der Waals surface area contributed by atoms with Crippen LogP contribution in [0.15, 0.2) is 18.2 Å². The quantitative estimate of drug-likeness (QED) is 0.620. The van der Waals surface area contributed by atoms with Crippen LogP contribution in [-0.4, -0.2) is 63.1 Å². The molecular weight excluding hydrogens is 356 g/mol. The van der Waals surface area contributed by atoms with Gasteiger partial charge >= 0.3 is 0 Å². The lowest BCUT2D eigenvalue weighted by Crippen LogP contribution is -2.38. The van der Waals surface area contributed by atoms with Crippen molar-refractivity contribution in [1.29, 1.82) is 0 Å². The molecule has 1 aromatic carbocycles. The summed E-state index contributed by atoms with van der Waals surface area (Å²) < 4.78 is 6.34. The Hall–Kier alpha value is -2.28. The van der Waals surface area contributed by atoms with E-state index in [-0.39, 0.29) is 18.1 Å². The number of hydrogen-bond acceptors (Lipinski definition) is 5. The second-order valence-electron chi connectivity index (χ2n) is 7.56. The first-order chi connectivity index (χ1) is 13.4. The van der Waals surface area contributed by atoms with Gasteiger partial charge in [0.1, 0.15) is 17.5 Å². The Kier molecular flexibility index (Phi) is 8.11. The molecule has 0 bridgehead atoms. The average Bonchev–Trinajstić information content (AvgIpc) is 2.71. The third-order valence-corrected chi connectivity index (χ3v) is 5.61. The molecule has 0 saturated carbocycles. The second kappa shape index (κ2) is 10.3. The highest BCUT2D eigenvalue weighted by atomic mass is 16.5. The monoisotopic (exact) mass is 390 g/mol. The van der Waals surface area contributed by atoms with Crippen molar-refractivity contribution < 1.29 is 14.3 Å². The minimum absolute atomic E-state index is 0.0920. The second-order valence-corrected chi connectivity index (χ2v) is 7.56. The topological polar surface area (TPSA) is 79.1 Å². The summed E-state index contributed by atoms with van der Waals surface area (Å²) in [5.74, 6) is 0.414. The molecule has 2 rings (SSSR count). The summed E-state index contributed by atoms with van der Waals surface area (Å²) in [6, 6.07) is 5.94. The van der Waals surface area contributed by atoms with E-state index in [0.717, 1.165) is 56.0 Å². The maximum atomic E-state index is 11.6. The van der Waals surface area contributed by atoms with Gasteiger partial charge in [-0.05, 0) is 44.9 Å². The normalized spacial score (nSPS) is 16.4. The summed E-state index contributed by atoms with van der Waals surface area (Å²) in [6.07, 6.45) is 3.88. The molecular formula is C21H34N4O3. The molecule has 1 saturated heterocycles. The van der Waals surface area contributed by atoms with Gasteiger partial charge in [0.15, 0.2) is 0 Å². The van der Waals surface area contributed by atoms with Gasteiger partial charge in [-0.1, -0.05) is 13.0 Å². The molecule has 2 N–H and O–H groups in total. The van der Waals surface area contributed by atoms with Crippen LogP contribution in [-0.2, 0) is 9.59 Å². The Balaban J connectivity index is 2.23. The van der Waals surface area contributed by atoms with Crippen molar-refractivity contribution in [2.75, 3.05) is 43.5 Å². The maximum Gasteiger partial charge on any atom is 0.217 e. The fourth-order valence-electron chi connectivity index (χ4n) is 3.60. The van der Waals surface area contributed by atoms with Crippen LogP contribution < -0.4 is 20.3 Å². The number of carbonyl (C=O) groups excluding carboxylic acids is 2. The van der Waals surface area contributed by atoms with Crippen LogP contribution in [0.3, 0.4) is 0 Å². The molecule has 7 nitrogen and oxygen atoms in total. The highest BCUT2D eigenvalue weighted by Crippen LogP contribution is 2.39. The SMILES string of the molecule is CCN1CCC(Oc2cccc(N(C)C(C)CCC(N)=O)c2N(C)C=O)CC1. The zero-order valence-electron chi connectivity index (χ0n) is 17.6. The largest absolute Gasteiger partial charge is 0.488 e. The number of amides is 2. The molecule has 1 atom stereocenters. The Morgan fingerprint density at radius 1 is 1.36 bits per heavy atom. The number of ether oxygens (including phenoxy) is 1. The van der Waals surface area contributed by atoms with Gasteiger partial charge in [-0.15, -0.1) is 0 Å². The lowest BCUT2D eigenvalue weighted by molar-refractivity contribution is -0.118. The van der Waals surface area contributed by atoms with E-state index >= 15 is 0 Å². The van der Waals surface area contributed by atoms with Gasteiger partial charge in [-0.3, -0.25) is 9.59 Å². The number of para-hydroxylation sites is 1. The number of carbonyl (C=O) groups is 2. The summed E-state index contributed by atoms with van der Waals surface area (Å²) in [4.78, 5) is 28.8. The summed E-state index contributed by atoms with van der Waals surface area (Å²) >= 11 is 0. The molecule has 1 aliphatic rings. The summed E-state index contributed by atoms with van der Waals surface area (Å²) in [5, 5.41) is 0. The smallest absolute Gasteiger partial charge is 0.217 e. The lowest BCUT2D eigenvalue weighted by atomic mass is 10.1. The van der Waals surface area contributed by atoms with Crippen LogP contribution >= 0.6 is 0 Å². The molecule has 1 unspecified atom stereocenters. The Morgan fingerprint density at radius 2 is 2.04 bits per heavy atom. The third-order valence-electron chi connectivity index (χ3n) is 5.61. The van der Waals surface area contributed by atoms with Gasteiger partial charge in [0.05, 0.1) is 5.69 Å². The van der Waals surface area contributed by atoms with Crippen LogP contribution in [0.2, 0.25) is 0 Å². The molecule has 0 radical (unpaired) electrons. The van der Waals surface area contributed by atoms with Crippen molar-refractivity contribution >= 4 is 23.7 Å². The van der Waals surface area contributed by atoms with Crippen molar-refractivity contribution in [2.45, 2.75) is 51.7 Å². The Bertz CT molecular complexity index is 659. The first-order valence-electron chi connectivity index (χ1n) is 10.1. The van der Waals surface area contributed by atoms with Gasteiger partial charge in [0.25, 0.3) is 0 Å². The van der Waals surface area contributed by atoms with E-state index in [1.807, 2.05) is 32.2 Å². The van der Waals surface area contributed by atoms with Crippen LogP contribution in [0.25, 0.3) is 0 Å². The van der Waals surface area contributed by atoms with E-state index in [1.54, 1.807) is 11.9 Å². The zero-order valence-corrected chi connectivity index (χ0v) is 17.6. The van der Waals surface area contributed by atoms with E-state index in [9.17, 15) is 9.59 Å². The highest BCUT2D eigenvalue weighted by Gasteiger charge is 2.24. The lowest BCUT2D eigenvalue weighted by Gasteiger charge is -2.34. The van der Waals surface area contributed by atoms with Gasteiger partial charge in [-0.25, -0.2) is 0 Å². The number of nitrogens with two attached hydrogens (primary N) is 1. The van der Waals surface area contributed by atoms with E-state index in [2.05, 4.69) is 16.7 Å². The number of primary amides is 1. The van der Waals surface area contributed by atoms with Crippen LogP contribution in [0, 0.1) is 0 Å². The maximum absolute atomic E-state index is 11.6. The molecule has 0 spiro atoms. The standard InChI is InChI=1S/C21H34N4O3/c1-5-25-13-11-17(12-14-25)28-19-8-6-7-18(21(19)23(3)15-26)24(4)16(2)9-10-20(22)27/h6-8,15-17H,5,9-14H2,1-4H3,(H2,22,27). The zero-order chi connectivity index (χ0) is 20.7. The van der Waals surface area contributed by atoms with Gasteiger partial charge in [0.2, 0.25) is 12.3 Å². The van der Waals surface area contributed by atoms with Gasteiger partial charge < -0.3 is 25.2 Å². The first kappa shape index (κ1) is 22.0. The first-order valence-corrected chi connectivity index (χ1v) is 10.1. The number of piperidine rings is 1. The van der Waals surface area contributed by atoms with Crippen LogP contribution in [0.5, 0.6) is 5.75 Å². The molecule has 1 aromatic rings. The van der Waals surface area contributed by atoms with E-state index < -0.39 is 0 Å². The fraction of sp³-hybridized carbons (Fsp3) is 0.619. The number of anilines is 2. The number of rotatable bonds is 10. The number of benzene rings is 1. The minimum Gasteiger partial charge on any atom is -0.488 e. The number of hydrogen-bond donors (Lipinski definition) is 1. The van der Waals surface area contributed by atoms with Crippen molar-refractivity contribution in [3.05, 3.63) is 18.2 Å². The minimum atomic E-state index is -0.305. The molecule has 1 heterocycles. The summed E-state index contributed by atoms with van der Waals surface area (Å²) in [6.45, 7) is 7.35. The van der Waals surface area contributed by atoms with E-state index in [4.69, 9.17) is 10.5 Å². The van der Waals surface area contributed by atoms with Gasteiger partial charge in [0, 0.05) is 39.6 Å². The highest BCUT2D eigenvalue weighted by molar-refractivity contribution is 5.87. The molecule has 1 fully saturated rings. The number of likely N-dealkylation sites (tertiary alicyclic amines) is 1. The predicted molar refractivity (Wildman–Crippen MR) is 113 cm³/mol. The Labute approximate surface area is 168 Å².